The van der Waals surface area contributed by atoms with E-state index in [0.717, 1.165) is 10.6 Å². The number of ether oxygens (including phenoxy) is 1. The van der Waals surface area contributed by atoms with Crippen molar-refractivity contribution in [3.05, 3.63) is 57.6 Å². The van der Waals surface area contributed by atoms with Gasteiger partial charge in [-0.1, -0.05) is 17.7 Å². The van der Waals surface area contributed by atoms with Crippen LogP contribution in [-0.4, -0.2) is 39.2 Å². The molecule has 156 valence electrons. The number of non-ortho nitro benzene ring substituents is 1. The Morgan fingerprint density at radius 3 is 2.59 bits per heavy atom. The van der Waals surface area contributed by atoms with Crippen LogP contribution in [0.2, 0.25) is 5.02 Å². The summed E-state index contributed by atoms with van der Waals surface area (Å²) >= 11 is 6.01. The average Bonchev–Trinajstić information content (AvgIpc) is 2.64. The van der Waals surface area contributed by atoms with E-state index < -0.39 is 14.9 Å². The lowest BCUT2D eigenvalue weighted by Crippen LogP contribution is -2.31. The minimum Gasteiger partial charge on any atom is -0.495 e. The summed E-state index contributed by atoms with van der Waals surface area (Å²) in [6, 6.07) is 10.1. The van der Waals surface area contributed by atoms with Crippen LogP contribution >= 0.6 is 11.6 Å². The maximum Gasteiger partial charge on any atom is 0.271 e. The molecule has 2 aromatic carbocycles. The zero-order chi connectivity index (χ0) is 21.6. The Morgan fingerprint density at radius 2 is 2.00 bits per heavy atom. The topological polar surface area (TPSA) is 119 Å². The predicted molar refractivity (Wildman–Crippen MR) is 111 cm³/mol. The Hall–Kier alpha value is -2.85. The Labute approximate surface area is 173 Å². The van der Waals surface area contributed by atoms with E-state index in [1.807, 2.05) is 0 Å². The molecule has 0 bridgehead atoms. The largest absolute Gasteiger partial charge is 0.495 e. The maximum absolute atomic E-state index is 12.1. The number of halogens is 1. The number of carbonyl (C=O) groups is 1. The highest BCUT2D eigenvalue weighted by Gasteiger charge is 2.20. The summed E-state index contributed by atoms with van der Waals surface area (Å²) in [7, 11) is -2.20. The third-order valence-electron chi connectivity index (χ3n) is 3.93. The molecule has 1 N–H and O–H groups in total. The lowest BCUT2D eigenvalue weighted by molar-refractivity contribution is -0.384. The van der Waals surface area contributed by atoms with Gasteiger partial charge in [0.1, 0.15) is 5.75 Å². The first-order valence-electron chi connectivity index (χ1n) is 8.47. The van der Waals surface area contributed by atoms with Crippen molar-refractivity contribution in [2.45, 2.75) is 12.8 Å². The monoisotopic (exact) mass is 441 g/mol. The maximum atomic E-state index is 12.1. The Kier molecular flexibility index (Phi) is 7.40. The summed E-state index contributed by atoms with van der Waals surface area (Å²) in [6.45, 7) is -0.00318. The molecule has 0 aliphatic heterocycles. The molecule has 9 nitrogen and oxygen atoms in total. The van der Waals surface area contributed by atoms with E-state index in [9.17, 15) is 23.3 Å². The minimum atomic E-state index is -3.68. The second kappa shape index (κ2) is 9.57. The number of nitrogens with one attached hydrogen (secondary N) is 1. The van der Waals surface area contributed by atoms with E-state index in [1.54, 1.807) is 18.2 Å². The summed E-state index contributed by atoms with van der Waals surface area (Å²) < 4.78 is 30.3. The first-order chi connectivity index (χ1) is 13.6. The number of carbonyl (C=O) groups excluding carboxylic acids is 1. The smallest absolute Gasteiger partial charge is 0.271 e. The second-order valence-corrected chi connectivity index (χ2v) is 8.43. The van der Waals surface area contributed by atoms with E-state index in [2.05, 4.69) is 5.32 Å². The number of benzene rings is 2. The molecule has 0 spiro atoms. The lowest BCUT2D eigenvalue weighted by atomic mass is 10.2. The minimum absolute atomic E-state index is 0.00318. The third kappa shape index (κ3) is 6.33. The van der Waals surface area contributed by atoms with Crippen molar-refractivity contribution in [2.75, 3.05) is 29.5 Å². The molecule has 0 fully saturated rings. The molecular weight excluding hydrogens is 422 g/mol. The van der Waals surface area contributed by atoms with Gasteiger partial charge in [-0.25, -0.2) is 8.42 Å². The molecule has 0 heterocycles. The molecule has 29 heavy (non-hydrogen) atoms. The first-order valence-corrected chi connectivity index (χ1v) is 10.7. The second-order valence-electron chi connectivity index (χ2n) is 6.11. The normalized spacial score (nSPS) is 11.0. The third-order valence-corrected chi connectivity index (χ3v) is 5.42. The number of sulfonamides is 1. The van der Waals surface area contributed by atoms with Gasteiger partial charge < -0.3 is 10.1 Å². The fraction of sp³-hybridized carbons (Fsp3) is 0.278. The van der Waals surface area contributed by atoms with Gasteiger partial charge in [0.2, 0.25) is 15.9 Å². The van der Waals surface area contributed by atoms with Crippen molar-refractivity contribution in [3.8, 4) is 5.75 Å². The van der Waals surface area contributed by atoms with E-state index in [-0.39, 0.29) is 36.7 Å². The van der Waals surface area contributed by atoms with Crippen LogP contribution in [0.25, 0.3) is 0 Å². The quantitative estimate of drug-likeness (QED) is 0.470. The van der Waals surface area contributed by atoms with Crippen LogP contribution in [0.1, 0.15) is 12.8 Å². The van der Waals surface area contributed by atoms with Crippen molar-refractivity contribution in [1.82, 2.24) is 0 Å². The molecule has 0 atom stereocenters. The SMILES string of the molecule is COc1ccc(NC(=O)CCCN(c2cccc([N+](=O)[O-])c2)S(C)(=O)=O)cc1Cl. The fourth-order valence-corrected chi connectivity index (χ4v) is 3.81. The highest BCUT2D eigenvalue weighted by atomic mass is 35.5. The predicted octanol–water partition coefficient (Wildman–Crippen LogP) is 3.44. The molecule has 0 saturated heterocycles. The Balaban J connectivity index is 2.01. The van der Waals surface area contributed by atoms with Gasteiger partial charge in [-0.2, -0.15) is 0 Å². The summed E-state index contributed by atoms with van der Waals surface area (Å²) in [5, 5.41) is 14.0. The van der Waals surface area contributed by atoms with E-state index in [4.69, 9.17) is 16.3 Å². The number of anilines is 2. The molecule has 0 aliphatic rings. The van der Waals surface area contributed by atoms with Crippen LogP contribution in [0.15, 0.2) is 42.5 Å². The number of amides is 1. The van der Waals surface area contributed by atoms with E-state index in [1.165, 1.54) is 31.4 Å². The Morgan fingerprint density at radius 1 is 1.28 bits per heavy atom. The number of nitro groups is 1. The fourth-order valence-electron chi connectivity index (χ4n) is 2.60. The number of rotatable bonds is 9. The first kappa shape index (κ1) is 22.4. The number of nitrogens with zero attached hydrogens (tertiary/aromatic N) is 2. The van der Waals surface area contributed by atoms with Gasteiger partial charge in [-0.3, -0.25) is 19.2 Å². The molecule has 11 heteroatoms. The summed E-state index contributed by atoms with van der Waals surface area (Å²) in [6.07, 6.45) is 1.27. The standard InChI is InChI=1S/C18H20ClN3O6S/c1-28-17-9-8-13(11-16(17)19)20-18(23)7-4-10-21(29(2,26)27)14-5-3-6-15(12-14)22(24)25/h3,5-6,8-9,11-12H,4,7,10H2,1-2H3,(H,20,23). The number of hydrogen-bond acceptors (Lipinski definition) is 6. The molecule has 0 aromatic heterocycles. The van der Waals surface area contributed by atoms with Crippen molar-refractivity contribution in [3.63, 3.8) is 0 Å². The lowest BCUT2D eigenvalue weighted by Gasteiger charge is -2.22. The van der Waals surface area contributed by atoms with Crippen LogP contribution in [-0.2, 0) is 14.8 Å². The van der Waals surface area contributed by atoms with Crippen molar-refractivity contribution >= 4 is 44.6 Å². The molecule has 2 rings (SSSR count). The molecule has 1 amide bonds. The highest BCUT2D eigenvalue weighted by Crippen LogP contribution is 2.27. The molecule has 0 unspecified atom stereocenters. The van der Waals surface area contributed by atoms with Gasteiger partial charge in [-0.05, 0) is 30.7 Å². The van der Waals surface area contributed by atoms with Crippen LogP contribution in [0.3, 0.4) is 0 Å². The van der Waals surface area contributed by atoms with E-state index in [0.29, 0.717) is 16.5 Å². The number of hydrogen-bond donors (Lipinski definition) is 1. The summed E-state index contributed by atoms with van der Waals surface area (Å²) in [4.78, 5) is 22.5. The van der Waals surface area contributed by atoms with Crippen molar-refractivity contribution in [1.29, 1.82) is 0 Å². The molecule has 0 radical (unpaired) electrons. The van der Waals surface area contributed by atoms with Gasteiger partial charge >= 0.3 is 0 Å². The van der Waals surface area contributed by atoms with Gasteiger partial charge in [-0.15, -0.1) is 0 Å². The van der Waals surface area contributed by atoms with Gasteiger partial charge in [0.25, 0.3) is 5.69 Å². The van der Waals surface area contributed by atoms with Crippen LogP contribution in [0.5, 0.6) is 5.75 Å². The van der Waals surface area contributed by atoms with Gasteiger partial charge in [0.15, 0.2) is 0 Å². The van der Waals surface area contributed by atoms with Crippen molar-refractivity contribution < 1.29 is 22.9 Å². The number of methoxy groups -OCH3 is 1. The van der Waals surface area contributed by atoms with Crippen molar-refractivity contribution in [2.24, 2.45) is 0 Å². The van der Waals surface area contributed by atoms with Crippen LogP contribution in [0.4, 0.5) is 17.1 Å². The molecule has 2 aromatic rings. The van der Waals surface area contributed by atoms with Gasteiger partial charge in [0, 0.05) is 30.8 Å². The Bertz CT molecular complexity index is 1010. The highest BCUT2D eigenvalue weighted by molar-refractivity contribution is 7.92. The average molecular weight is 442 g/mol. The zero-order valence-electron chi connectivity index (χ0n) is 15.8. The molecular formula is C18H20ClN3O6S. The van der Waals surface area contributed by atoms with Crippen LogP contribution < -0.4 is 14.4 Å². The van der Waals surface area contributed by atoms with E-state index >= 15 is 0 Å². The summed E-state index contributed by atoms with van der Waals surface area (Å²) in [5.41, 5.74) is 0.439. The van der Waals surface area contributed by atoms with Gasteiger partial charge in [0.05, 0.1) is 29.0 Å². The zero-order valence-corrected chi connectivity index (χ0v) is 17.4. The van der Waals surface area contributed by atoms with Crippen LogP contribution in [0, 0.1) is 10.1 Å². The summed E-state index contributed by atoms with van der Waals surface area (Å²) in [5.74, 6) is 0.157. The molecule has 0 aliphatic carbocycles. The molecule has 0 saturated carbocycles. The number of nitro benzene ring substituents is 1.